The molecular formula is C37H64O9. The van der Waals surface area contributed by atoms with Gasteiger partial charge in [-0.2, -0.15) is 0 Å². The van der Waals surface area contributed by atoms with E-state index in [9.17, 15) is 28.8 Å². The van der Waals surface area contributed by atoms with Gasteiger partial charge in [0.05, 0.1) is 24.7 Å². The summed E-state index contributed by atoms with van der Waals surface area (Å²) in [7, 11) is 0. The number of rotatable bonds is 17. The van der Waals surface area contributed by atoms with Crippen molar-refractivity contribution in [3.8, 4) is 0 Å². The van der Waals surface area contributed by atoms with Gasteiger partial charge in [0.25, 0.3) is 0 Å². The molecule has 0 aromatic carbocycles. The molecule has 0 spiro atoms. The maximum atomic E-state index is 10.9. The van der Waals surface area contributed by atoms with E-state index in [2.05, 4.69) is 55.8 Å². The molecule has 0 N–H and O–H groups in total. The third-order valence-electron chi connectivity index (χ3n) is 7.45. The van der Waals surface area contributed by atoms with E-state index in [1.54, 1.807) is 0 Å². The van der Waals surface area contributed by atoms with Crippen LogP contribution in [0.1, 0.15) is 176 Å². The molecule has 3 aliphatic rings. The van der Waals surface area contributed by atoms with Crippen molar-refractivity contribution in [3.05, 3.63) is 12.2 Å². The first-order chi connectivity index (χ1) is 22.1. The normalized spacial score (nSPS) is 17.8. The van der Waals surface area contributed by atoms with Crippen LogP contribution in [0.2, 0.25) is 0 Å². The van der Waals surface area contributed by atoms with Gasteiger partial charge < -0.3 is 14.2 Å². The van der Waals surface area contributed by atoms with Crippen molar-refractivity contribution in [2.24, 2.45) is 11.8 Å². The predicted octanol–water partition coefficient (Wildman–Crippen LogP) is 9.28. The number of carbonyl (C=O) groups is 6. The molecule has 2 atom stereocenters. The topological polar surface area (TPSA) is 130 Å². The van der Waals surface area contributed by atoms with Crippen molar-refractivity contribution in [2.45, 2.75) is 176 Å². The second-order valence-corrected chi connectivity index (χ2v) is 11.9. The fourth-order valence-electron chi connectivity index (χ4n) is 4.63. The standard InChI is InChI=1S/C10H22.2C9H14O3.C5H12.C4H2O3/c1-3-5-7-9-10-8-6-4-2;2*1-2-3-4-5-7-6-8(10)12-9(7)11;1-3-5-4-2;5-3-1-2-4(6)7-3/h3-10H2,1-2H3;2*7H,2-6H2,1H3;3-5H2,1-2H3;1-2H. The molecule has 2 saturated heterocycles. The van der Waals surface area contributed by atoms with E-state index in [0.29, 0.717) is 12.8 Å². The summed E-state index contributed by atoms with van der Waals surface area (Å²) in [6.45, 7) is 13.2. The van der Waals surface area contributed by atoms with Gasteiger partial charge in [-0.3, -0.25) is 19.2 Å². The van der Waals surface area contributed by atoms with Crippen LogP contribution in [0.25, 0.3) is 0 Å². The molecule has 0 aromatic heterocycles. The molecule has 0 aromatic rings. The lowest BCUT2D eigenvalue weighted by atomic mass is 10.0. The summed E-state index contributed by atoms with van der Waals surface area (Å²) in [6.07, 6.45) is 26.5. The molecule has 46 heavy (non-hydrogen) atoms. The summed E-state index contributed by atoms with van der Waals surface area (Å²) < 4.78 is 12.8. The molecule has 3 rings (SSSR count). The van der Waals surface area contributed by atoms with E-state index in [4.69, 9.17) is 0 Å². The van der Waals surface area contributed by atoms with Gasteiger partial charge in [0.2, 0.25) is 0 Å². The Kier molecular flexibility index (Phi) is 31.6. The molecule has 3 heterocycles. The smallest absolute Gasteiger partial charge is 0.338 e. The van der Waals surface area contributed by atoms with Gasteiger partial charge >= 0.3 is 35.8 Å². The first-order valence-corrected chi connectivity index (χ1v) is 18.0. The Morgan fingerprint density at radius 2 is 0.739 bits per heavy atom. The van der Waals surface area contributed by atoms with E-state index in [0.717, 1.165) is 63.5 Å². The van der Waals surface area contributed by atoms with E-state index in [1.807, 2.05) is 0 Å². The first-order valence-electron chi connectivity index (χ1n) is 18.0. The largest absolute Gasteiger partial charge is 0.393 e. The average Bonchev–Trinajstić information content (AvgIpc) is 3.68. The Balaban J connectivity index is 0. The van der Waals surface area contributed by atoms with E-state index in [1.165, 1.54) is 70.6 Å². The Morgan fingerprint density at radius 1 is 0.435 bits per heavy atom. The summed E-state index contributed by atoms with van der Waals surface area (Å²) in [5.41, 5.74) is 0. The number of cyclic esters (lactones) is 6. The summed E-state index contributed by atoms with van der Waals surface area (Å²) in [4.78, 5) is 63.0. The van der Waals surface area contributed by atoms with Gasteiger partial charge in [-0.15, -0.1) is 0 Å². The Bertz CT molecular complexity index is 810. The Hall–Kier alpha value is -2.84. The highest BCUT2D eigenvalue weighted by molar-refractivity contribution is 6.04. The summed E-state index contributed by atoms with van der Waals surface area (Å²) in [5, 5.41) is 0. The van der Waals surface area contributed by atoms with Crippen molar-refractivity contribution < 1.29 is 43.0 Å². The zero-order valence-electron chi connectivity index (χ0n) is 29.8. The number of hydrogen-bond acceptors (Lipinski definition) is 9. The lowest BCUT2D eigenvalue weighted by molar-refractivity contribution is -0.155. The molecule has 0 amide bonds. The monoisotopic (exact) mass is 652 g/mol. The number of carbonyl (C=O) groups excluding carboxylic acids is 6. The summed E-state index contributed by atoms with van der Waals surface area (Å²) >= 11 is 0. The Morgan fingerprint density at radius 3 is 0.957 bits per heavy atom. The molecule has 0 aliphatic carbocycles. The molecule has 2 unspecified atom stereocenters. The van der Waals surface area contributed by atoms with Crippen LogP contribution in [-0.4, -0.2) is 35.8 Å². The van der Waals surface area contributed by atoms with Gasteiger partial charge in [0.1, 0.15) is 0 Å². The lowest BCUT2D eigenvalue weighted by Crippen LogP contribution is -2.06. The number of esters is 6. The number of unbranched alkanes of at least 4 members (excludes halogenated alkanes) is 13. The zero-order chi connectivity index (χ0) is 35.0. The van der Waals surface area contributed by atoms with Crippen LogP contribution in [0, 0.1) is 11.8 Å². The van der Waals surface area contributed by atoms with Crippen LogP contribution in [0.15, 0.2) is 12.2 Å². The van der Waals surface area contributed by atoms with Crippen molar-refractivity contribution in [3.63, 3.8) is 0 Å². The highest BCUT2D eigenvalue weighted by Gasteiger charge is 2.33. The maximum Gasteiger partial charge on any atom is 0.338 e. The average molecular weight is 653 g/mol. The molecule has 9 heteroatoms. The van der Waals surface area contributed by atoms with Gasteiger partial charge in [-0.05, 0) is 12.8 Å². The highest BCUT2D eigenvalue weighted by Crippen LogP contribution is 2.22. The van der Waals surface area contributed by atoms with Crippen LogP contribution < -0.4 is 0 Å². The minimum absolute atomic E-state index is 0.149. The van der Waals surface area contributed by atoms with Gasteiger partial charge in [0.15, 0.2) is 0 Å². The molecule has 9 nitrogen and oxygen atoms in total. The zero-order valence-corrected chi connectivity index (χ0v) is 29.8. The molecule has 2 fully saturated rings. The number of hydrogen-bond donors (Lipinski definition) is 0. The molecule has 3 aliphatic heterocycles. The summed E-state index contributed by atoms with van der Waals surface area (Å²) in [6, 6.07) is 0. The third-order valence-corrected chi connectivity index (χ3v) is 7.45. The Labute approximate surface area is 279 Å². The second-order valence-electron chi connectivity index (χ2n) is 11.9. The van der Waals surface area contributed by atoms with E-state index < -0.39 is 11.9 Å². The van der Waals surface area contributed by atoms with E-state index in [-0.39, 0.29) is 35.7 Å². The van der Waals surface area contributed by atoms with Crippen LogP contribution in [0.5, 0.6) is 0 Å². The van der Waals surface area contributed by atoms with E-state index >= 15 is 0 Å². The van der Waals surface area contributed by atoms with Crippen LogP contribution in [0.4, 0.5) is 0 Å². The minimum atomic E-state index is -0.579. The van der Waals surface area contributed by atoms with Crippen LogP contribution in [0.3, 0.4) is 0 Å². The van der Waals surface area contributed by atoms with Crippen LogP contribution in [-0.2, 0) is 43.0 Å². The second kappa shape index (κ2) is 32.1. The van der Waals surface area contributed by atoms with Crippen molar-refractivity contribution >= 4 is 35.8 Å². The number of ether oxygens (including phenoxy) is 3. The summed E-state index contributed by atoms with van der Waals surface area (Å²) in [5.74, 6) is -2.82. The van der Waals surface area contributed by atoms with Gasteiger partial charge in [-0.1, -0.05) is 151 Å². The quantitative estimate of drug-likeness (QED) is 0.0653. The molecule has 266 valence electrons. The maximum absolute atomic E-state index is 10.9. The highest BCUT2D eigenvalue weighted by atomic mass is 16.6. The molecular weight excluding hydrogens is 588 g/mol. The van der Waals surface area contributed by atoms with Crippen molar-refractivity contribution in [2.75, 3.05) is 0 Å². The van der Waals surface area contributed by atoms with Crippen molar-refractivity contribution in [1.82, 2.24) is 0 Å². The third kappa shape index (κ3) is 27.5. The fourth-order valence-corrected chi connectivity index (χ4v) is 4.63. The molecule has 0 saturated carbocycles. The van der Waals surface area contributed by atoms with Gasteiger partial charge in [-0.25, -0.2) is 9.59 Å². The fraction of sp³-hybridized carbons (Fsp3) is 0.784. The minimum Gasteiger partial charge on any atom is -0.393 e. The molecule has 0 bridgehead atoms. The van der Waals surface area contributed by atoms with Crippen LogP contribution >= 0.6 is 0 Å². The lowest BCUT2D eigenvalue weighted by Gasteiger charge is -2.01. The van der Waals surface area contributed by atoms with Crippen molar-refractivity contribution in [1.29, 1.82) is 0 Å². The molecule has 0 radical (unpaired) electrons. The SMILES string of the molecule is CCCCC.CCCCCC1CC(=O)OC1=O.CCCCCC1CC(=O)OC1=O.CCCCCCCCCC.O=C1C=CC(=O)O1. The van der Waals surface area contributed by atoms with Gasteiger partial charge in [0, 0.05) is 12.2 Å². The first kappa shape index (κ1) is 45.3. The predicted molar refractivity (Wildman–Crippen MR) is 180 cm³/mol.